The summed E-state index contributed by atoms with van der Waals surface area (Å²) in [6.07, 6.45) is 0. The zero-order valence-corrected chi connectivity index (χ0v) is 12.6. The molecule has 1 aromatic carbocycles. The SMILES string of the molecule is CCOC(=O)C(C)S(=O)(=O)Nc1c(Cl)cccc1Cl. The second-order valence-electron chi connectivity index (χ2n) is 3.64. The first-order valence-electron chi connectivity index (χ1n) is 5.42. The molecular weight excluding hydrogens is 313 g/mol. The number of sulfonamides is 1. The predicted molar refractivity (Wildman–Crippen MR) is 75.1 cm³/mol. The van der Waals surface area contributed by atoms with Gasteiger partial charge in [0, 0.05) is 0 Å². The summed E-state index contributed by atoms with van der Waals surface area (Å²) in [4.78, 5) is 11.4. The molecule has 0 saturated heterocycles. The van der Waals surface area contributed by atoms with Crippen LogP contribution in [0.2, 0.25) is 10.0 Å². The highest BCUT2D eigenvalue weighted by atomic mass is 35.5. The van der Waals surface area contributed by atoms with Gasteiger partial charge in [0.1, 0.15) is 0 Å². The first-order chi connectivity index (χ1) is 8.79. The number of rotatable bonds is 5. The number of benzene rings is 1. The number of carbonyl (C=O) groups is 1. The van der Waals surface area contributed by atoms with Crippen molar-refractivity contribution in [3.8, 4) is 0 Å². The molecule has 1 N–H and O–H groups in total. The largest absolute Gasteiger partial charge is 0.465 e. The minimum absolute atomic E-state index is 0.0435. The van der Waals surface area contributed by atoms with Crippen molar-refractivity contribution >= 4 is 44.9 Å². The molecule has 0 saturated carbocycles. The summed E-state index contributed by atoms with van der Waals surface area (Å²) in [7, 11) is -3.97. The van der Waals surface area contributed by atoms with Crippen LogP contribution in [0, 0.1) is 0 Å². The standard InChI is InChI=1S/C11H13Cl2NO4S/c1-3-18-11(15)7(2)19(16,17)14-10-8(12)5-4-6-9(10)13/h4-7,14H,3H2,1-2H3. The molecule has 0 radical (unpaired) electrons. The Morgan fingerprint density at radius 1 is 1.37 bits per heavy atom. The molecule has 0 aliphatic carbocycles. The molecule has 1 unspecified atom stereocenters. The predicted octanol–water partition coefficient (Wildman–Crippen LogP) is 2.69. The lowest BCUT2D eigenvalue weighted by Crippen LogP contribution is -2.33. The fraction of sp³-hybridized carbons (Fsp3) is 0.364. The van der Waals surface area contributed by atoms with E-state index in [0.29, 0.717) is 0 Å². The van der Waals surface area contributed by atoms with Crippen molar-refractivity contribution in [3.63, 3.8) is 0 Å². The van der Waals surface area contributed by atoms with Gasteiger partial charge in [0.15, 0.2) is 5.25 Å². The van der Waals surface area contributed by atoms with Crippen LogP contribution < -0.4 is 4.72 Å². The number of anilines is 1. The Balaban J connectivity index is 3.00. The van der Waals surface area contributed by atoms with Gasteiger partial charge in [-0.15, -0.1) is 0 Å². The molecule has 0 spiro atoms. The molecule has 0 aliphatic rings. The summed E-state index contributed by atoms with van der Waals surface area (Å²) in [5, 5.41) is -1.07. The third kappa shape index (κ3) is 3.99. The average Bonchev–Trinajstić information content (AvgIpc) is 2.33. The lowest BCUT2D eigenvalue weighted by molar-refractivity contribution is -0.142. The van der Waals surface area contributed by atoms with E-state index >= 15 is 0 Å². The number of carbonyl (C=O) groups excluding carboxylic acids is 1. The third-order valence-electron chi connectivity index (χ3n) is 2.29. The quantitative estimate of drug-likeness (QED) is 0.845. The first-order valence-corrected chi connectivity index (χ1v) is 7.72. The Bertz CT molecular complexity index is 554. The third-order valence-corrected chi connectivity index (χ3v) is 4.53. The molecule has 1 atom stereocenters. The van der Waals surface area contributed by atoms with E-state index in [0.717, 1.165) is 0 Å². The van der Waals surface area contributed by atoms with Gasteiger partial charge in [-0.05, 0) is 26.0 Å². The van der Waals surface area contributed by atoms with Gasteiger partial charge in [0.05, 0.1) is 22.3 Å². The molecule has 106 valence electrons. The lowest BCUT2D eigenvalue weighted by Gasteiger charge is -2.15. The number of ether oxygens (including phenoxy) is 1. The van der Waals surface area contributed by atoms with E-state index in [9.17, 15) is 13.2 Å². The lowest BCUT2D eigenvalue weighted by atomic mass is 10.3. The molecule has 19 heavy (non-hydrogen) atoms. The molecule has 0 bridgehead atoms. The van der Waals surface area contributed by atoms with Gasteiger partial charge >= 0.3 is 5.97 Å². The number of hydrogen-bond donors (Lipinski definition) is 1. The molecule has 1 aromatic rings. The van der Waals surface area contributed by atoms with Crippen molar-refractivity contribution in [1.82, 2.24) is 0 Å². The minimum atomic E-state index is -3.97. The van der Waals surface area contributed by atoms with Crippen molar-refractivity contribution in [2.24, 2.45) is 0 Å². The topological polar surface area (TPSA) is 72.5 Å². The highest BCUT2D eigenvalue weighted by Gasteiger charge is 2.30. The van der Waals surface area contributed by atoms with Crippen LogP contribution in [0.25, 0.3) is 0 Å². The van der Waals surface area contributed by atoms with Crippen LogP contribution in [0.15, 0.2) is 18.2 Å². The summed E-state index contributed by atoms with van der Waals surface area (Å²) in [6.45, 7) is 2.92. The van der Waals surface area contributed by atoms with Crippen LogP contribution in [0.5, 0.6) is 0 Å². The summed E-state index contributed by atoms with van der Waals surface area (Å²) < 4.78 is 30.8. The van der Waals surface area contributed by atoms with Crippen molar-refractivity contribution < 1.29 is 17.9 Å². The normalized spacial score (nSPS) is 12.8. The van der Waals surface area contributed by atoms with Gasteiger partial charge in [-0.3, -0.25) is 9.52 Å². The molecule has 0 heterocycles. The summed E-state index contributed by atoms with van der Waals surface area (Å²) in [6, 6.07) is 4.55. The van der Waals surface area contributed by atoms with E-state index < -0.39 is 21.2 Å². The number of halogens is 2. The zero-order valence-electron chi connectivity index (χ0n) is 10.3. The van der Waals surface area contributed by atoms with Gasteiger partial charge in [-0.2, -0.15) is 0 Å². The Labute approximate surface area is 121 Å². The van der Waals surface area contributed by atoms with E-state index in [1.54, 1.807) is 13.0 Å². The van der Waals surface area contributed by atoms with Crippen molar-refractivity contribution in [2.45, 2.75) is 19.1 Å². The molecule has 1 rings (SSSR count). The number of hydrogen-bond acceptors (Lipinski definition) is 4. The van der Waals surface area contributed by atoms with Gasteiger partial charge in [-0.1, -0.05) is 29.3 Å². The van der Waals surface area contributed by atoms with Crippen molar-refractivity contribution in [2.75, 3.05) is 11.3 Å². The fourth-order valence-corrected chi connectivity index (χ4v) is 2.82. The van der Waals surface area contributed by atoms with Crippen LogP contribution in [0.1, 0.15) is 13.8 Å². The van der Waals surface area contributed by atoms with Gasteiger partial charge in [0.2, 0.25) is 10.0 Å². The number of nitrogens with one attached hydrogen (secondary N) is 1. The molecular formula is C11H13Cl2NO4S. The second kappa shape index (κ2) is 6.45. The van der Waals surface area contributed by atoms with Gasteiger partial charge < -0.3 is 4.74 Å². The Morgan fingerprint density at radius 2 is 1.89 bits per heavy atom. The summed E-state index contributed by atoms with van der Waals surface area (Å²) in [5.74, 6) is -0.835. The second-order valence-corrected chi connectivity index (χ2v) is 6.45. The zero-order chi connectivity index (χ0) is 14.6. The van der Waals surface area contributed by atoms with Gasteiger partial charge in [-0.25, -0.2) is 8.42 Å². The summed E-state index contributed by atoms with van der Waals surface area (Å²) in [5.41, 5.74) is 0.0435. The fourth-order valence-electron chi connectivity index (χ4n) is 1.21. The van der Waals surface area contributed by atoms with E-state index in [1.807, 2.05) is 0 Å². The van der Waals surface area contributed by atoms with Gasteiger partial charge in [0.25, 0.3) is 0 Å². The van der Waals surface area contributed by atoms with E-state index in [1.165, 1.54) is 19.1 Å². The monoisotopic (exact) mass is 325 g/mol. The van der Waals surface area contributed by atoms with E-state index in [-0.39, 0.29) is 22.3 Å². The Morgan fingerprint density at radius 3 is 2.37 bits per heavy atom. The van der Waals surface area contributed by atoms with Crippen molar-refractivity contribution in [1.29, 1.82) is 0 Å². The number of para-hydroxylation sites is 1. The average molecular weight is 326 g/mol. The number of esters is 1. The molecule has 0 fully saturated rings. The highest BCUT2D eigenvalue weighted by molar-refractivity contribution is 7.94. The Hall–Kier alpha value is -0.980. The molecule has 8 heteroatoms. The van der Waals surface area contributed by atoms with Crippen LogP contribution in [0.3, 0.4) is 0 Å². The minimum Gasteiger partial charge on any atom is -0.465 e. The van der Waals surface area contributed by atoms with Crippen LogP contribution >= 0.6 is 23.2 Å². The van der Waals surface area contributed by atoms with Crippen LogP contribution in [0.4, 0.5) is 5.69 Å². The van der Waals surface area contributed by atoms with Crippen LogP contribution in [-0.4, -0.2) is 26.2 Å². The molecule has 5 nitrogen and oxygen atoms in total. The molecule has 0 aliphatic heterocycles. The van der Waals surface area contributed by atoms with E-state index in [4.69, 9.17) is 23.2 Å². The molecule has 0 amide bonds. The van der Waals surface area contributed by atoms with E-state index in [2.05, 4.69) is 9.46 Å². The first kappa shape index (κ1) is 16.1. The maximum atomic E-state index is 12.0. The maximum Gasteiger partial charge on any atom is 0.325 e. The Kier molecular flexibility index (Phi) is 5.46. The van der Waals surface area contributed by atoms with Crippen molar-refractivity contribution in [3.05, 3.63) is 28.2 Å². The highest BCUT2D eigenvalue weighted by Crippen LogP contribution is 2.31. The van der Waals surface area contributed by atoms with Crippen LogP contribution in [-0.2, 0) is 19.6 Å². The maximum absolute atomic E-state index is 12.0. The smallest absolute Gasteiger partial charge is 0.325 e. The molecule has 0 aromatic heterocycles. The summed E-state index contributed by atoms with van der Waals surface area (Å²) >= 11 is 11.7.